The van der Waals surface area contributed by atoms with Gasteiger partial charge in [0.15, 0.2) is 6.10 Å². The van der Waals surface area contributed by atoms with E-state index >= 15 is 0 Å². The van der Waals surface area contributed by atoms with E-state index in [0.717, 1.165) is 171 Å². The second-order valence-corrected chi connectivity index (χ2v) is 22.0. The largest absolute Gasteiger partial charge is 0.494 e. The highest BCUT2D eigenvalue weighted by molar-refractivity contribution is 6.16. The van der Waals surface area contributed by atoms with Gasteiger partial charge in [0.05, 0.1) is 56.4 Å². The topological polar surface area (TPSA) is 185 Å². The molecule has 0 radical (unpaired) electrons. The summed E-state index contributed by atoms with van der Waals surface area (Å²) in [6.45, 7) is 19.3. The predicted octanol–water partition coefficient (Wildman–Crippen LogP) is 16.7. The number of rotatable bonds is 53. The van der Waals surface area contributed by atoms with Crippen molar-refractivity contribution in [2.24, 2.45) is 0 Å². The van der Waals surface area contributed by atoms with Gasteiger partial charge in [-0.05, 0) is 112 Å². The number of esters is 6. The molecular formula is C72H104O15. The molecule has 0 N–H and O–H groups in total. The van der Waals surface area contributed by atoms with Gasteiger partial charge in [-0.1, -0.05) is 191 Å². The van der Waals surface area contributed by atoms with Crippen molar-refractivity contribution < 1.29 is 71.4 Å². The number of unbranched alkanes of at least 4 members (excludes halogenated alkanes) is 24. The summed E-state index contributed by atoms with van der Waals surface area (Å²) in [4.78, 5) is 74.4. The molecule has 0 saturated carbocycles. The lowest BCUT2D eigenvalue weighted by Crippen LogP contribution is -2.30. The van der Waals surface area contributed by atoms with Crippen LogP contribution in [0.25, 0.3) is 16.7 Å². The minimum atomic E-state index is -0.870. The Morgan fingerprint density at radius 1 is 0.310 bits per heavy atom. The number of hydrogen-bond acceptors (Lipinski definition) is 15. The van der Waals surface area contributed by atoms with E-state index in [0.29, 0.717) is 92.3 Å². The molecular weight excluding hydrogens is 1100 g/mol. The van der Waals surface area contributed by atoms with Crippen LogP contribution in [0.1, 0.15) is 230 Å². The van der Waals surface area contributed by atoms with E-state index in [1.54, 1.807) is 20.8 Å². The maximum atomic E-state index is 13.0. The number of benzene rings is 3. The van der Waals surface area contributed by atoms with Crippen molar-refractivity contribution in [3.05, 3.63) is 109 Å². The fourth-order valence-corrected chi connectivity index (χ4v) is 9.54. The Hall–Kier alpha value is -6.90. The van der Waals surface area contributed by atoms with Crippen molar-refractivity contribution in [2.45, 2.75) is 219 Å². The second-order valence-electron chi connectivity index (χ2n) is 22.0. The third-order valence-corrected chi connectivity index (χ3v) is 14.7. The number of carbonyl (C=O) groups excluding carboxylic acids is 6. The monoisotopic (exact) mass is 1210 g/mol. The van der Waals surface area contributed by atoms with E-state index in [9.17, 15) is 28.8 Å². The van der Waals surface area contributed by atoms with E-state index in [2.05, 4.69) is 19.7 Å². The molecule has 0 spiro atoms. The fraction of sp³-hybridized carbons (Fsp3) is 0.583. The highest BCUT2D eigenvalue weighted by atomic mass is 16.6. The van der Waals surface area contributed by atoms with Gasteiger partial charge in [0, 0.05) is 19.3 Å². The SMILES string of the molecule is C=C(C(=O)OCC)c1ccc(OCCCCCCCCCCCC(=O)OCC(COC(=O)CCCCCCCCCCCOc2ccc(C(=C)C(=O)OCC)cc2)OC(=O)CCCCCCCCCCCOc2ccc(C(=C)C(=O)OCC)cc2)cc1. The Morgan fingerprint density at radius 3 is 0.793 bits per heavy atom. The van der Waals surface area contributed by atoms with Crippen molar-refractivity contribution in [3.63, 3.8) is 0 Å². The van der Waals surface area contributed by atoms with Gasteiger partial charge in [0.1, 0.15) is 30.5 Å². The van der Waals surface area contributed by atoms with Gasteiger partial charge in [-0.15, -0.1) is 0 Å². The van der Waals surface area contributed by atoms with Gasteiger partial charge in [-0.3, -0.25) is 14.4 Å². The highest BCUT2D eigenvalue weighted by Crippen LogP contribution is 2.23. The Morgan fingerprint density at radius 2 is 0.540 bits per heavy atom. The molecule has 3 aromatic carbocycles. The lowest BCUT2D eigenvalue weighted by atomic mass is 10.1. The Kier molecular flexibility index (Phi) is 41.2. The molecule has 0 unspecified atom stereocenters. The molecule has 0 heterocycles. The van der Waals surface area contributed by atoms with E-state index in [1.807, 2.05) is 72.8 Å². The minimum absolute atomic E-state index is 0.159. The van der Waals surface area contributed by atoms with Crippen molar-refractivity contribution in [1.29, 1.82) is 0 Å². The summed E-state index contributed by atoms with van der Waals surface area (Å²) in [5, 5.41) is 0. The molecule has 3 rings (SSSR count). The highest BCUT2D eigenvalue weighted by Gasteiger charge is 2.20. The molecule has 3 aromatic rings. The zero-order chi connectivity index (χ0) is 63.0. The maximum absolute atomic E-state index is 13.0. The third-order valence-electron chi connectivity index (χ3n) is 14.7. The summed E-state index contributed by atoms with van der Waals surface area (Å²) in [5.74, 6) is -0.0760. The van der Waals surface area contributed by atoms with Crippen LogP contribution in [-0.2, 0) is 57.2 Å². The number of ether oxygens (including phenoxy) is 9. The van der Waals surface area contributed by atoms with Gasteiger partial charge >= 0.3 is 35.8 Å². The van der Waals surface area contributed by atoms with Crippen LogP contribution >= 0.6 is 0 Å². The van der Waals surface area contributed by atoms with Gasteiger partial charge in [0.25, 0.3) is 0 Å². The molecule has 0 aromatic heterocycles. The molecule has 15 nitrogen and oxygen atoms in total. The zero-order valence-corrected chi connectivity index (χ0v) is 53.1. The van der Waals surface area contributed by atoms with Crippen LogP contribution in [0.5, 0.6) is 17.2 Å². The number of carbonyl (C=O) groups is 6. The van der Waals surface area contributed by atoms with E-state index < -0.39 is 24.0 Å². The van der Waals surface area contributed by atoms with Crippen LogP contribution in [0.4, 0.5) is 0 Å². The van der Waals surface area contributed by atoms with Gasteiger partial charge < -0.3 is 42.6 Å². The summed E-state index contributed by atoms with van der Waals surface area (Å²) in [5.41, 5.74) is 3.14. The van der Waals surface area contributed by atoms with Crippen molar-refractivity contribution in [1.82, 2.24) is 0 Å². The molecule has 87 heavy (non-hydrogen) atoms. The van der Waals surface area contributed by atoms with Crippen molar-refractivity contribution in [3.8, 4) is 17.2 Å². The second kappa shape index (κ2) is 48.2. The first kappa shape index (κ1) is 74.4. The smallest absolute Gasteiger partial charge is 0.338 e. The van der Waals surface area contributed by atoms with E-state index in [1.165, 1.54) is 0 Å². The van der Waals surface area contributed by atoms with Crippen LogP contribution in [0.3, 0.4) is 0 Å². The molecule has 0 bridgehead atoms. The molecule has 0 amide bonds. The molecule has 15 heteroatoms. The minimum Gasteiger partial charge on any atom is -0.494 e. The van der Waals surface area contributed by atoms with Crippen LogP contribution in [0, 0.1) is 0 Å². The predicted molar refractivity (Wildman–Crippen MR) is 343 cm³/mol. The van der Waals surface area contributed by atoms with Gasteiger partial charge in [-0.25, -0.2) is 14.4 Å². The maximum Gasteiger partial charge on any atom is 0.338 e. The van der Waals surface area contributed by atoms with Crippen molar-refractivity contribution in [2.75, 3.05) is 52.9 Å². The van der Waals surface area contributed by atoms with Gasteiger partial charge in [0.2, 0.25) is 0 Å². The lowest BCUT2D eigenvalue weighted by Gasteiger charge is -2.18. The first-order chi connectivity index (χ1) is 42.3. The van der Waals surface area contributed by atoms with E-state index in [4.69, 9.17) is 42.6 Å². The summed E-state index contributed by atoms with van der Waals surface area (Å²) in [6.07, 6.45) is 27.5. The fourth-order valence-electron chi connectivity index (χ4n) is 9.54. The Bertz CT molecular complexity index is 2310. The Balaban J connectivity index is 1.26. The summed E-state index contributed by atoms with van der Waals surface area (Å²) >= 11 is 0. The first-order valence-corrected chi connectivity index (χ1v) is 32.6. The molecule has 0 fully saturated rings. The first-order valence-electron chi connectivity index (χ1n) is 32.6. The average Bonchev–Trinajstić information content (AvgIpc) is 3.72. The Labute approximate surface area is 520 Å². The van der Waals surface area contributed by atoms with Gasteiger partial charge in [-0.2, -0.15) is 0 Å². The standard InChI is InChI=1S/C72H104O15/c1-7-79-70(76)57(4)60-40-46-63(47-41-60)82-52-34-28-22-16-10-13-19-25-31-37-67(73)85-55-66(87-69(75)39-33-27-21-15-12-18-24-30-36-54-84-65-50-44-62(45-51-65)59(6)72(78)81-9-3)56-86-68(74)38-32-26-20-14-11-17-23-29-35-53-83-64-48-42-61(43-49-64)58(5)71(77)80-8-2/h40-51,66H,4-39,52-56H2,1-3H3. The normalized spacial score (nSPS) is 10.9. The molecule has 0 aliphatic heterocycles. The number of hydrogen-bond donors (Lipinski definition) is 0. The van der Waals surface area contributed by atoms with Crippen LogP contribution in [0.15, 0.2) is 92.5 Å². The average molecular weight is 1210 g/mol. The molecule has 0 atom stereocenters. The van der Waals surface area contributed by atoms with Crippen LogP contribution in [-0.4, -0.2) is 94.8 Å². The molecule has 0 aliphatic rings. The third kappa shape index (κ3) is 35.5. The summed E-state index contributed by atoms with van der Waals surface area (Å²) in [6, 6.07) is 22.0. The van der Waals surface area contributed by atoms with Crippen LogP contribution in [0.2, 0.25) is 0 Å². The van der Waals surface area contributed by atoms with E-state index in [-0.39, 0.29) is 50.4 Å². The molecule has 0 aliphatic carbocycles. The lowest BCUT2D eigenvalue weighted by molar-refractivity contribution is -0.167. The summed E-state index contributed by atoms with van der Waals surface area (Å²) < 4.78 is 49.6. The molecule has 482 valence electrons. The molecule has 0 saturated heterocycles. The van der Waals surface area contributed by atoms with Crippen molar-refractivity contribution >= 4 is 52.5 Å². The quantitative estimate of drug-likeness (QED) is 0.0225. The zero-order valence-electron chi connectivity index (χ0n) is 53.1. The summed E-state index contributed by atoms with van der Waals surface area (Å²) in [7, 11) is 0. The van der Waals surface area contributed by atoms with Crippen LogP contribution < -0.4 is 14.2 Å².